The average Bonchev–Trinajstić information content (AvgIpc) is 2.53. The minimum Gasteiger partial charge on any atom is -0.388 e. The van der Waals surface area contributed by atoms with Crippen LogP contribution in [0.3, 0.4) is 0 Å². The third-order valence-corrected chi connectivity index (χ3v) is 3.50. The summed E-state index contributed by atoms with van der Waals surface area (Å²) in [5, 5.41) is 14.0. The van der Waals surface area contributed by atoms with Crippen molar-refractivity contribution in [2.24, 2.45) is 0 Å². The number of rotatable bonds is 3. The van der Waals surface area contributed by atoms with Gasteiger partial charge in [-0.05, 0) is 22.9 Å². The largest absolute Gasteiger partial charge is 0.388 e. The lowest BCUT2D eigenvalue weighted by Gasteiger charge is -2.11. The van der Waals surface area contributed by atoms with Crippen LogP contribution in [0.1, 0.15) is 11.1 Å². The van der Waals surface area contributed by atoms with Crippen molar-refractivity contribution in [2.75, 3.05) is 12.4 Å². The fourth-order valence-electron chi connectivity index (χ4n) is 2.42. The molecule has 3 aromatic carbocycles. The maximum Gasteiger partial charge on any atom is 0.0705 e. The van der Waals surface area contributed by atoms with Crippen LogP contribution >= 0.6 is 0 Å². The zero-order chi connectivity index (χ0) is 13.9. The van der Waals surface area contributed by atoms with Crippen molar-refractivity contribution >= 4 is 22.2 Å². The predicted octanol–water partition coefficient (Wildman–Crippen LogP) is 4.30. The quantitative estimate of drug-likeness (QED) is 0.677. The molecule has 0 aromatic heterocycles. The molecule has 0 aliphatic rings. The van der Waals surface area contributed by atoms with Crippen LogP contribution in [0.4, 0.5) is 5.69 Å². The van der Waals surface area contributed by atoms with Crippen molar-refractivity contribution < 1.29 is 0 Å². The van der Waals surface area contributed by atoms with Crippen molar-refractivity contribution in [2.45, 2.75) is 0 Å². The lowest BCUT2D eigenvalue weighted by Crippen LogP contribution is -2.05. The molecular weight excluding hydrogens is 244 g/mol. The highest BCUT2D eigenvalue weighted by Gasteiger charge is 2.09. The maximum absolute atomic E-state index is 8.45. The second-order valence-electron chi connectivity index (χ2n) is 4.73. The van der Waals surface area contributed by atoms with Gasteiger partial charge in [-0.15, -0.1) is 0 Å². The Morgan fingerprint density at radius 2 is 1.55 bits per heavy atom. The highest BCUT2D eigenvalue weighted by molar-refractivity contribution is 6.15. The van der Waals surface area contributed by atoms with E-state index in [1.54, 1.807) is 0 Å². The van der Waals surface area contributed by atoms with Crippen molar-refractivity contribution in [3.8, 4) is 0 Å². The van der Waals surface area contributed by atoms with Crippen LogP contribution in [0.15, 0.2) is 66.7 Å². The predicted molar refractivity (Wildman–Crippen MR) is 85.9 cm³/mol. The van der Waals surface area contributed by atoms with Gasteiger partial charge in [-0.2, -0.15) is 0 Å². The van der Waals surface area contributed by atoms with E-state index in [2.05, 4.69) is 29.6 Å². The van der Waals surface area contributed by atoms with Crippen molar-refractivity contribution in [1.29, 1.82) is 5.41 Å². The van der Waals surface area contributed by atoms with E-state index in [9.17, 15) is 0 Å². The van der Waals surface area contributed by atoms with Gasteiger partial charge in [0.15, 0.2) is 0 Å². The third kappa shape index (κ3) is 2.16. The molecule has 98 valence electrons. The van der Waals surface area contributed by atoms with E-state index >= 15 is 0 Å². The molecule has 0 saturated heterocycles. The summed E-state index contributed by atoms with van der Waals surface area (Å²) in [5.74, 6) is 0. The normalized spacial score (nSPS) is 10.4. The Labute approximate surface area is 118 Å². The first-order valence-corrected chi connectivity index (χ1v) is 6.64. The summed E-state index contributed by atoms with van der Waals surface area (Å²) in [7, 11) is 1.88. The molecule has 0 spiro atoms. The van der Waals surface area contributed by atoms with E-state index < -0.39 is 0 Å². The Balaban J connectivity index is 2.08. The molecule has 20 heavy (non-hydrogen) atoms. The van der Waals surface area contributed by atoms with Gasteiger partial charge in [0.05, 0.1) is 5.71 Å². The molecule has 3 aromatic rings. The van der Waals surface area contributed by atoms with Gasteiger partial charge in [0, 0.05) is 23.9 Å². The number of para-hydroxylation sites is 1. The highest BCUT2D eigenvalue weighted by atomic mass is 14.8. The molecule has 0 fully saturated rings. The van der Waals surface area contributed by atoms with Crippen LogP contribution in [-0.4, -0.2) is 12.8 Å². The molecule has 2 heteroatoms. The molecule has 0 aliphatic heterocycles. The van der Waals surface area contributed by atoms with Crippen molar-refractivity contribution in [1.82, 2.24) is 0 Å². The van der Waals surface area contributed by atoms with Crippen LogP contribution in [0.25, 0.3) is 10.8 Å². The summed E-state index contributed by atoms with van der Waals surface area (Å²) in [6.45, 7) is 0. The molecule has 2 nitrogen and oxygen atoms in total. The summed E-state index contributed by atoms with van der Waals surface area (Å²) in [4.78, 5) is 0. The Hall–Kier alpha value is -2.61. The molecule has 0 heterocycles. The second-order valence-corrected chi connectivity index (χ2v) is 4.73. The van der Waals surface area contributed by atoms with Crippen LogP contribution in [0.5, 0.6) is 0 Å². The van der Waals surface area contributed by atoms with E-state index in [0.717, 1.165) is 22.2 Å². The minimum absolute atomic E-state index is 0.542. The van der Waals surface area contributed by atoms with E-state index in [1.165, 1.54) is 5.39 Å². The van der Waals surface area contributed by atoms with E-state index in [-0.39, 0.29) is 0 Å². The molecule has 0 amide bonds. The first-order chi connectivity index (χ1) is 9.79. The monoisotopic (exact) mass is 260 g/mol. The highest BCUT2D eigenvalue weighted by Crippen LogP contribution is 2.21. The molecule has 0 radical (unpaired) electrons. The number of anilines is 1. The lowest BCUT2D eigenvalue weighted by molar-refractivity contribution is 1.43. The fraction of sp³-hybridized carbons (Fsp3) is 0.0556. The van der Waals surface area contributed by atoms with Gasteiger partial charge in [-0.1, -0.05) is 54.6 Å². The van der Waals surface area contributed by atoms with Crippen LogP contribution in [0.2, 0.25) is 0 Å². The van der Waals surface area contributed by atoms with Gasteiger partial charge in [0.2, 0.25) is 0 Å². The molecule has 0 saturated carbocycles. The second kappa shape index (κ2) is 5.17. The zero-order valence-corrected chi connectivity index (χ0v) is 11.4. The molecule has 2 N–H and O–H groups in total. The summed E-state index contributed by atoms with van der Waals surface area (Å²) >= 11 is 0. The first kappa shape index (κ1) is 12.4. The molecular formula is C18H16N2. The Kier molecular flexibility index (Phi) is 3.21. The molecule has 0 atom stereocenters. The van der Waals surface area contributed by atoms with E-state index in [4.69, 9.17) is 5.41 Å². The number of hydrogen-bond donors (Lipinski definition) is 2. The van der Waals surface area contributed by atoms with E-state index in [1.807, 2.05) is 49.5 Å². The SMILES string of the molecule is CNc1ccccc1C(=N)c1ccc2ccccc2c1. The van der Waals surface area contributed by atoms with E-state index in [0.29, 0.717) is 5.71 Å². The number of benzene rings is 3. The van der Waals surface area contributed by atoms with Crippen molar-refractivity contribution in [3.05, 3.63) is 77.9 Å². The van der Waals surface area contributed by atoms with Gasteiger partial charge in [-0.3, -0.25) is 5.41 Å². The van der Waals surface area contributed by atoms with Crippen molar-refractivity contribution in [3.63, 3.8) is 0 Å². The number of fused-ring (bicyclic) bond motifs is 1. The summed E-state index contributed by atoms with van der Waals surface area (Å²) in [6, 6.07) is 22.3. The Morgan fingerprint density at radius 3 is 2.35 bits per heavy atom. The summed E-state index contributed by atoms with van der Waals surface area (Å²) < 4.78 is 0. The van der Waals surface area contributed by atoms with Crippen LogP contribution in [0, 0.1) is 5.41 Å². The Morgan fingerprint density at radius 1 is 0.850 bits per heavy atom. The third-order valence-electron chi connectivity index (χ3n) is 3.50. The van der Waals surface area contributed by atoms with Crippen LogP contribution < -0.4 is 5.32 Å². The van der Waals surface area contributed by atoms with Gasteiger partial charge >= 0.3 is 0 Å². The van der Waals surface area contributed by atoms with Crippen LogP contribution in [-0.2, 0) is 0 Å². The molecule has 0 bridgehead atoms. The number of nitrogens with one attached hydrogen (secondary N) is 2. The minimum atomic E-state index is 0.542. The van der Waals surface area contributed by atoms with Gasteiger partial charge < -0.3 is 5.32 Å². The standard InChI is InChI=1S/C18H16N2/c1-20-17-9-5-4-8-16(17)18(19)15-11-10-13-6-2-3-7-14(13)12-15/h2-12,19-20H,1H3. The molecule has 0 unspecified atom stereocenters. The first-order valence-electron chi connectivity index (χ1n) is 6.64. The molecule has 3 rings (SSSR count). The Bertz CT molecular complexity index is 775. The zero-order valence-electron chi connectivity index (χ0n) is 11.4. The maximum atomic E-state index is 8.45. The summed E-state index contributed by atoms with van der Waals surface area (Å²) in [5.41, 5.74) is 3.38. The van der Waals surface area contributed by atoms with Gasteiger partial charge in [-0.25, -0.2) is 0 Å². The number of hydrogen-bond acceptors (Lipinski definition) is 2. The van der Waals surface area contributed by atoms with Gasteiger partial charge in [0.1, 0.15) is 0 Å². The average molecular weight is 260 g/mol. The summed E-state index contributed by atoms with van der Waals surface area (Å²) in [6.07, 6.45) is 0. The lowest BCUT2D eigenvalue weighted by atomic mass is 9.98. The molecule has 0 aliphatic carbocycles. The van der Waals surface area contributed by atoms with Gasteiger partial charge in [0.25, 0.3) is 0 Å². The fourth-order valence-corrected chi connectivity index (χ4v) is 2.42. The topological polar surface area (TPSA) is 35.9 Å². The smallest absolute Gasteiger partial charge is 0.0705 e.